The van der Waals surface area contributed by atoms with Crippen LogP contribution in [0.25, 0.3) is 0 Å². The van der Waals surface area contributed by atoms with Gasteiger partial charge < -0.3 is 9.80 Å². The highest BCUT2D eigenvalue weighted by atomic mass is 19.1. The van der Waals surface area contributed by atoms with Crippen molar-refractivity contribution in [2.45, 2.75) is 39.5 Å². The van der Waals surface area contributed by atoms with Gasteiger partial charge in [0.2, 0.25) is 11.8 Å². The molecule has 2 saturated heterocycles. The Hall–Kier alpha value is -2.71. The van der Waals surface area contributed by atoms with Crippen molar-refractivity contribution in [3.05, 3.63) is 39.3 Å². The van der Waals surface area contributed by atoms with E-state index in [0.717, 1.165) is 5.69 Å². The number of rotatable bonds is 3. The van der Waals surface area contributed by atoms with E-state index in [2.05, 4.69) is 40.9 Å². The molecule has 0 aromatic carbocycles. The summed E-state index contributed by atoms with van der Waals surface area (Å²) in [5.41, 5.74) is 0.748. The van der Waals surface area contributed by atoms with E-state index in [0.29, 0.717) is 56.1 Å². The van der Waals surface area contributed by atoms with Crippen molar-refractivity contribution in [2.75, 3.05) is 31.1 Å². The molecule has 9 heteroatoms. The molecule has 2 N–H and O–H groups in total. The molecule has 2 aliphatic rings. The SMILES string of the molecule is CCc1nc(N2CC3CN(C(=O)c4cc(C(C)(C)C)[nH]n4)CC3C2)[nH]c(=O)c1F. The zero-order valence-electron chi connectivity index (χ0n) is 17.3. The number of amides is 1. The number of carbonyl (C=O) groups is 1. The molecule has 156 valence electrons. The molecule has 0 bridgehead atoms. The Morgan fingerprint density at radius 2 is 1.90 bits per heavy atom. The fraction of sp³-hybridized carbons (Fsp3) is 0.600. The fourth-order valence-electron chi connectivity index (χ4n) is 4.19. The van der Waals surface area contributed by atoms with Crippen LogP contribution in [0.3, 0.4) is 0 Å². The summed E-state index contributed by atoms with van der Waals surface area (Å²) >= 11 is 0. The predicted octanol–water partition coefficient (Wildman–Crippen LogP) is 1.70. The Kier molecular flexibility index (Phi) is 4.71. The maximum absolute atomic E-state index is 13.8. The number of halogens is 1. The average Bonchev–Trinajstić information content (AvgIpc) is 3.37. The van der Waals surface area contributed by atoms with Gasteiger partial charge in [-0.1, -0.05) is 27.7 Å². The Morgan fingerprint density at radius 3 is 2.45 bits per heavy atom. The van der Waals surface area contributed by atoms with E-state index in [1.165, 1.54) is 0 Å². The Labute approximate surface area is 168 Å². The van der Waals surface area contributed by atoms with Crippen molar-refractivity contribution < 1.29 is 9.18 Å². The third-order valence-electron chi connectivity index (χ3n) is 5.93. The summed E-state index contributed by atoms with van der Waals surface area (Å²) < 4.78 is 13.8. The maximum Gasteiger partial charge on any atom is 0.288 e. The quantitative estimate of drug-likeness (QED) is 0.814. The number of anilines is 1. The molecule has 2 unspecified atom stereocenters. The van der Waals surface area contributed by atoms with Crippen LogP contribution in [0.4, 0.5) is 10.3 Å². The van der Waals surface area contributed by atoms with Crippen LogP contribution in [-0.2, 0) is 11.8 Å². The van der Waals surface area contributed by atoms with Crippen molar-refractivity contribution in [1.82, 2.24) is 25.1 Å². The first-order valence-electron chi connectivity index (χ1n) is 10.1. The van der Waals surface area contributed by atoms with Gasteiger partial charge in [0, 0.05) is 49.1 Å². The lowest BCUT2D eigenvalue weighted by atomic mass is 9.92. The van der Waals surface area contributed by atoms with Crippen molar-refractivity contribution in [1.29, 1.82) is 0 Å². The van der Waals surface area contributed by atoms with E-state index in [-0.39, 0.29) is 17.0 Å². The molecule has 2 aliphatic heterocycles. The van der Waals surface area contributed by atoms with Gasteiger partial charge in [-0.3, -0.25) is 19.7 Å². The number of aromatic amines is 2. The second-order valence-electron chi connectivity index (χ2n) is 9.06. The van der Waals surface area contributed by atoms with E-state index in [1.807, 2.05) is 15.9 Å². The summed E-state index contributed by atoms with van der Waals surface area (Å²) in [6, 6.07) is 1.84. The first-order chi connectivity index (χ1) is 13.7. The molecule has 29 heavy (non-hydrogen) atoms. The van der Waals surface area contributed by atoms with Crippen LogP contribution in [0.5, 0.6) is 0 Å². The first kappa shape index (κ1) is 19.6. The lowest BCUT2D eigenvalue weighted by molar-refractivity contribution is 0.0776. The number of nitrogens with zero attached hydrogens (tertiary/aromatic N) is 4. The molecule has 2 atom stereocenters. The number of hydrogen-bond donors (Lipinski definition) is 2. The summed E-state index contributed by atoms with van der Waals surface area (Å²) in [6.07, 6.45) is 0.367. The molecule has 8 nitrogen and oxygen atoms in total. The van der Waals surface area contributed by atoms with Gasteiger partial charge in [-0.05, 0) is 12.5 Å². The Morgan fingerprint density at radius 1 is 1.24 bits per heavy atom. The molecule has 0 radical (unpaired) electrons. The summed E-state index contributed by atoms with van der Waals surface area (Å²) in [7, 11) is 0. The number of carbonyl (C=O) groups excluding carboxylic acids is 1. The first-order valence-corrected chi connectivity index (χ1v) is 10.1. The average molecular weight is 402 g/mol. The molecular weight excluding hydrogens is 375 g/mol. The summed E-state index contributed by atoms with van der Waals surface area (Å²) in [5, 5.41) is 7.18. The molecule has 2 aromatic heterocycles. The highest BCUT2D eigenvalue weighted by Gasteiger charge is 2.43. The Balaban J connectivity index is 1.44. The molecule has 4 rings (SSSR count). The standard InChI is InChI=1S/C20H27FN6O2/c1-5-13-16(21)17(28)23-19(22-13)27-9-11-7-26(8-12(11)10-27)18(29)14-6-15(25-24-14)20(2,3)4/h6,11-12H,5,7-10H2,1-4H3,(H,24,25)(H,22,23,28). The van der Waals surface area contributed by atoms with Gasteiger partial charge in [0.1, 0.15) is 5.69 Å². The van der Waals surface area contributed by atoms with Gasteiger partial charge >= 0.3 is 0 Å². The van der Waals surface area contributed by atoms with Crippen LogP contribution in [0.2, 0.25) is 0 Å². The number of likely N-dealkylation sites (tertiary alicyclic amines) is 1. The van der Waals surface area contributed by atoms with Crippen LogP contribution in [0, 0.1) is 17.7 Å². The van der Waals surface area contributed by atoms with E-state index in [1.54, 1.807) is 6.92 Å². The Bertz CT molecular complexity index is 978. The van der Waals surface area contributed by atoms with Crippen molar-refractivity contribution in [3.8, 4) is 0 Å². The third kappa shape index (κ3) is 3.54. The molecule has 0 spiro atoms. The second kappa shape index (κ2) is 6.96. The van der Waals surface area contributed by atoms with E-state index < -0.39 is 11.4 Å². The van der Waals surface area contributed by atoms with Crippen molar-refractivity contribution >= 4 is 11.9 Å². The summed E-state index contributed by atoms with van der Waals surface area (Å²) in [4.78, 5) is 35.4. The van der Waals surface area contributed by atoms with Gasteiger partial charge in [0.15, 0.2) is 0 Å². The zero-order valence-corrected chi connectivity index (χ0v) is 17.3. The van der Waals surface area contributed by atoms with E-state index in [9.17, 15) is 14.0 Å². The number of H-pyrrole nitrogens is 2. The fourth-order valence-corrected chi connectivity index (χ4v) is 4.19. The van der Waals surface area contributed by atoms with Crippen LogP contribution < -0.4 is 10.5 Å². The minimum Gasteiger partial charge on any atom is -0.342 e. The molecular formula is C20H27FN6O2. The molecule has 0 saturated carbocycles. The third-order valence-corrected chi connectivity index (χ3v) is 5.93. The second-order valence-corrected chi connectivity index (χ2v) is 9.06. The van der Waals surface area contributed by atoms with Crippen LogP contribution in [-0.4, -0.2) is 57.2 Å². The van der Waals surface area contributed by atoms with Gasteiger partial charge in [-0.2, -0.15) is 9.49 Å². The zero-order chi connectivity index (χ0) is 20.9. The van der Waals surface area contributed by atoms with Crippen LogP contribution in [0.15, 0.2) is 10.9 Å². The number of hydrogen-bond acceptors (Lipinski definition) is 5. The van der Waals surface area contributed by atoms with Crippen LogP contribution >= 0.6 is 0 Å². The highest BCUT2D eigenvalue weighted by Crippen LogP contribution is 2.33. The monoisotopic (exact) mass is 402 g/mol. The number of fused-ring (bicyclic) bond motifs is 1. The smallest absolute Gasteiger partial charge is 0.288 e. The predicted molar refractivity (Wildman–Crippen MR) is 107 cm³/mol. The molecule has 2 aromatic rings. The van der Waals surface area contributed by atoms with Crippen LogP contribution in [0.1, 0.15) is 49.6 Å². The topological polar surface area (TPSA) is 98.0 Å². The molecule has 4 heterocycles. The number of aryl methyl sites for hydroxylation is 1. The van der Waals surface area contributed by atoms with Crippen molar-refractivity contribution in [3.63, 3.8) is 0 Å². The van der Waals surface area contributed by atoms with Gasteiger partial charge in [-0.15, -0.1) is 0 Å². The highest BCUT2D eigenvalue weighted by molar-refractivity contribution is 5.92. The molecule has 1 amide bonds. The van der Waals surface area contributed by atoms with Gasteiger partial charge in [0.05, 0.1) is 5.69 Å². The van der Waals surface area contributed by atoms with Gasteiger partial charge in [0.25, 0.3) is 11.5 Å². The number of nitrogens with one attached hydrogen (secondary N) is 2. The molecule has 2 fully saturated rings. The minimum atomic E-state index is -0.805. The van der Waals surface area contributed by atoms with E-state index in [4.69, 9.17) is 0 Å². The minimum absolute atomic E-state index is 0.0562. The summed E-state index contributed by atoms with van der Waals surface area (Å²) in [6.45, 7) is 10.6. The maximum atomic E-state index is 13.8. The molecule has 0 aliphatic carbocycles. The van der Waals surface area contributed by atoms with Crippen molar-refractivity contribution in [2.24, 2.45) is 11.8 Å². The summed E-state index contributed by atoms with van der Waals surface area (Å²) in [5.74, 6) is 0.142. The van der Waals surface area contributed by atoms with E-state index >= 15 is 0 Å². The lowest BCUT2D eigenvalue weighted by Gasteiger charge is -2.22. The normalized spacial score (nSPS) is 21.7. The largest absolute Gasteiger partial charge is 0.342 e. The van der Waals surface area contributed by atoms with Gasteiger partial charge in [-0.25, -0.2) is 4.98 Å². The lowest BCUT2D eigenvalue weighted by Crippen LogP contribution is -2.34. The number of aromatic nitrogens is 4.